The average molecular weight is 383 g/mol. The van der Waals surface area contributed by atoms with Crippen LogP contribution in [0.1, 0.15) is 31.0 Å². The number of benzene rings is 2. The molecule has 3 rings (SSSR count). The zero-order chi connectivity index (χ0) is 19.9. The van der Waals surface area contributed by atoms with Crippen LogP contribution in [-0.4, -0.2) is 32.8 Å². The molecule has 0 saturated carbocycles. The third-order valence-electron chi connectivity index (χ3n) is 4.34. The smallest absolute Gasteiger partial charge is 0.244 e. The Morgan fingerprint density at radius 3 is 2.68 bits per heavy atom. The van der Waals surface area contributed by atoms with Gasteiger partial charge in [0.2, 0.25) is 5.91 Å². The summed E-state index contributed by atoms with van der Waals surface area (Å²) in [6, 6.07) is 11.1. The fourth-order valence-corrected chi connectivity index (χ4v) is 2.91. The van der Waals surface area contributed by atoms with Crippen molar-refractivity contribution in [3.63, 3.8) is 0 Å². The van der Waals surface area contributed by atoms with Gasteiger partial charge in [0.25, 0.3) is 0 Å². The molecule has 28 heavy (non-hydrogen) atoms. The van der Waals surface area contributed by atoms with E-state index >= 15 is 0 Å². The van der Waals surface area contributed by atoms with Crippen molar-refractivity contribution in [2.24, 2.45) is 0 Å². The van der Waals surface area contributed by atoms with Gasteiger partial charge in [-0.05, 0) is 55.3 Å². The van der Waals surface area contributed by atoms with Crippen molar-refractivity contribution in [2.75, 3.05) is 26.9 Å². The van der Waals surface area contributed by atoms with E-state index < -0.39 is 0 Å². The molecule has 1 atom stereocenters. The summed E-state index contributed by atoms with van der Waals surface area (Å²) in [5, 5.41) is 2.96. The van der Waals surface area contributed by atoms with Crippen LogP contribution >= 0.6 is 0 Å². The van der Waals surface area contributed by atoms with Crippen LogP contribution in [-0.2, 0) is 4.79 Å². The lowest BCUT2D eigenvalue weighted by molar-refractivity contribution is -0.117. The summed E-state index contributed by atoms with van der Waals surface area (Å²) in [6.45, 7) is 5.49. The van der Waals surface area contributed by atoms with Crippen LogP contribution in [0.15, 0.2) is 42.5 Å². The number of nitrogens with one attached hydrogen (secondary N) is 1. The van der Waals surface area contributed by atoms with Crippen LogP contribution in [0.5, 0.6) is 23.0 Å². The fraction of sp³-hybridized carbons (Fsp3) is 0.318. The van der Waals surface area contributed by atoms with Crippen molar-refractivity contribution in [2.45, 2.75) is 19.9 Å². The Morgan fingerprint density at radius 1 is 1.14 bits per heavy atom. The minimum absolute atomic E-state index is 0.164. The number of hydrogen-bond donors (Lipinski definition) is 1. The van der Waals surface area contributed by atoms with Crippen LogP contribution in [0.25, 0.3) is 6.08 Å². The van der Waals surface area contributed by atoms with E-state index in [-0.39, 0.29) is 11.9 Å². The Morgan fingerprint density at radius 2 is 1.93 bits per heavy atom. The van der Waals surface area contributed by atoms with Gasteiger partial charge < -0.3 is 24.3 Å². The van der Waals surface area contributed by atoms with Gasteiger partial charge in [-0.1, -0.05) is 12.1 Å². The molecule has 1 unspecified atom stereocenters. The number of hydrogen-bond acceptors (Lipinski definition) is 5. The summed E-state index contributed by atoms with van der Waals surface area (Å²) >= 11 is 0. The second-order valence-corrected chi connectivity index (χ2v) is 6.31. The largest absolute Gasteiger partial charge is 0.493 e. The van der Waals surface area contributed by atoms with E-state index in [0.29, 0.717) is 37.1 Å². The first-order valence-electron chi connectivity index (χ1n) is 9.29. The van der Waals surface area contributed by atoms with Gasteiger partial charge in [-0.25, -0.2) is 0 Å². The van der Waals surface area contributed by atoms with Gasteiger partial charge in [0.05, 0.1) is 19.8 Å². The number of ether oxygens (including phenoxy) is 4. The number of fused-ring (bicyclic) bond motifs is 1. The monoisotopic (exact) mass is 383 g/mol. The molecule has 1 heterocycles. The van der Waals surface area contributed by atoms with E-state index in [9.17, 15) is 4.79 Å². The first-order valence-corrected chi connectivity index (χ1v) is 9.29. The Hall–Kier alpha value is -3.15. The fourth-order valence-electron chi connectivity index (χ4n) is 2.91. The number of rotatable bonds is 7. The molecular weight excluding hydrogens is 358 g/mol. The predicted octanol–water partition coefficient (Wildman–Crippen LogP) is 3.76. The number of carbonyl (C=O) groups is 1. The molecule has 0 bridgehead atoms. The predicted molar refractivity (Wildman–Crippen MR) is 107 cm³/mol. The molecule has 1 aliphatic rings. The first-order chi connectivity index (χ1) is 13.6. The zero-order valence-electron chi connectivity index (χ0n) is 16.4. The van der Waals surface area contributed by atoms with Gasteiger partial charge in [0, 0.05) is 6.08 Å². The summed E-state index contributed by atoms with van der Waals surface area (Å²) < 4.78 is 22.0. The third kappa shape index (κ3) is 4.76. The van der Waals surface area contributed by atoms with Gasteiger partial charge in [-0.2, -0.15) is 0 Å². The number of amides is 1. The molecular formula is C22H25NO5. The number of methoxy groups -OCH3 is 1. The molecule has 1 N–H and O–H groups in total. The Bertz CT molecular complexity index is 862. The molecule has 6 nitrogen and oxygen atoms in total. The molecule has 0 aliphatic carbocycles. The molecule has 148 valence electrons. The van der Waals surface area contributed by atoms with E-state index in [0.717, 1.165) is 16.9 Å². The van der Waals surface area contributed by atoms with Crippen molar-refractivity contribution in [1.29, 1.82) is 0 Å². The molecule has 0 saturated heterocycles. The van der Waals surface area contributed by atoms with E-state index in [1.807, 2.05) is 50.2 Å². The summed E-state index contributed by atoms with van der Waals surface area (Å²) in [4.78, 5) is 12.3. The van der Waals surface area contributed by atoms with Crippen molar-refractivity contribution in [3.8, 4) is 23.0 Å². The second-order valence-electron chi connectivity index (χ2n) is 6.31. The quantitative estimate of drug-likeness (QED) is 0.738. The lowest BCUT2D eigenvalue weighted by Crippen LogP contribution is -2.25. The molecule has 0 fully saturated rings. The van der Waals surface area contributed by atoms with Crippen molar-refractivity contribution in [1.82, 2.24) is 5.32 Å². The average Bonchev–Trinajstić information content (AvgIpc) is 2.72. The van der Waals surface area contributed by atoms with E-state index in [1.165, 1.54) is 6.08 Å². The van der Waals surface area contributed by atoms with Gasteiger partial charge in [0.1, 0.15) is 13.2 Å². The van der Waals surface area contributed by atoms with Crippen molar-refractivity contribution >= 4 is 12.0 Å². The van der Waals surface area contributed by atoms with Gasteiger partial charge in [-0.3, -0.25) is 4.79 Å². The van der Waals surface area contributed by atoms with Crippen molar-refractivity contribution in [3.05, 3.63) is 53.6 Å². The molecule has 0 aromatic heterocycles. The maximum absolute atomic E-state index is 12.3. The minimum atomic E-state index is -0.185. The standard InChI is InChI=1S/C22H25NO5/c1-4-26-18-8-5-16(13-20(18)25-3)6-10-22(24)23-15(2)17-7-9-19-21(14-17)28-12-11-27-19/h5-10,13-15H,4,11-12H2,1-3H3,(H,23,24)/b10-6+. The molecule has 0 radical (unpaired) electrons. The highest BCUT2D eigenvalue weighted by Gasteiger charge is 2.15. The maximum Gasteiger partial charge on any atom is 0.244 e. The highest BCUT2D eigenvalue weighted by Crippen LogP contribution is 2.32. The first kappa shape index (κ1) is 19.6. The SMILES string of the molecule is CCOc1ccc(/C=C/C(=O)NC(C)c2ccc3c(c2)OCCO3)cc1OC. The normalized spacial score (nSPS) is 13.8. The minimum Gasteiger partial charge on any atom is -0.493 e. The van der Waals surface area contributed by atoms with E-state index in [4.69, 9.17) is 18.9 Å². The molecule has 6 heteroatoms. The molecule has 1 aliphatic heterocycles. The summed E-state index contributed by atoms with van der Waals surface area (Å²) in [7, 11) is 1.59. The van der Waals surface area contributed by atoms with E-state index in [1.54, 1.807) is 13.2 Å². The van der Waals surface area contributed by atoms with Crippen LogP contribution in [0.4, 0.5) is 0 Å². The second kappa shape index (κ2) is 9.17. The van der Waals surface area contributed by atoms with E-state index in [2.05, 4.69) is 5.32 Å². The number of carbonyl (C=O) groups excluding carboxylic acids is 1. The van der Waals surface area contributed by atoms with Gasteiger partial charge >= 0.3 is 0 Å². The maximum atomic E-state index is 12.3. The Kier molecular flexibility index (Phi) is 6.42. The van der Waals surface area contributed by atoms with Crippen LogP contribution < -0.4 is 24.3 Å². The van der Waals surface area contributed by atoms with Crippen LogP contribution in [0, 0.1) is 0 Å². The Balaban J connectivity index is 1.63. The summed E-state index contributed by atoms with van der Waals surface area (Å²) in [5.74, 6) is 2.57. The Labute approximate surface area is 165 Å². The van der Waals surface area contributed by atoms with Crippen LogP contribution in [0.2, 0.25) is 0 Å². The lowest BCUT2D eigenvalue weighted by atomic mass is 10.1. The molecule has 1 amide bonds. The lowest BCUT2D eigenvalue weighted by Gasteiger charge is -2.20. The van der Waals surface area contributed by atoms with Crippen LogP contribution in [0.3, 0.4) is 0 Å². The van der Waals surface area contributed by atoms with Gasteiger partial charge in [0.15, 0.2) is 23.0 Å². The summed E-state index contributed by atoms with van der Waals surface area (Å²) in [5.41, 5.74) is 1.80. The molecule has 0 spiro atoms. The highest BCUT2D eigenvalue weighted by atomic mass is 16.6. The zero-order valence-corrected chi connectivity index (χ0v) is 16.4. The molecule has 2 aromatic carbocycles. The van der Waals surface area contributed by atoms with Crippen molar-refractivity contribution < 1.29 is 23.7 Å². The third-order valence-corrected chi connectivity index (χ3v) is 4.34. The molecule has 2 aromatic rings. The highest BCUT2D eigenvalue weighted by molar-refractivity contribution is 5.92. The topological polar surface area (TPSA) is 66.0 Å². The summed E-state index contributed by atoms with van der Waals surface area (Å²) in [6.07, 6.45) is 3.24. The van der Waals surface area contributed by atoms with Gasteiger partial charge in [-0.15, -0.1) is 0 Å².